The van der Waals surface area contributed by atoms with Crippen LogP contribution >= 0.6 is 11.6 Å². The molecular weight excluding hydrogens is 678 g/mol. The van der Waals surface area contributed by atoms with E-state index in [-0.39, 0.29) is 28.2 Å². The highest BCUT2D eigenvalue weighted by Gasteiger charge is 2.39. The molecule has 1 unspecified atom stereocenters. The highest BCUT2D eigenvalue weighted by atomic mass is 35.5. The van der Waals surface area contributed by atoms with Crippen LogP contribution in [0.4, 0.5) is 25.1 Å². The maximum atomic E-state index is 13.7. The fraction of sp³-hybridized carbons (Fsp3) is 0.324. The Labute approximate surface area is 297 Å². The average molecular weight is 715 g/mol. The summed E-state index contributed by atoms with van der Waals surface area (Å²) in [5.74, 6) is 0.668. The molecular formula is C37H37ClF2N8O3. The minimum absolute atomic E-state index is 0.0244. The molecule has 0 saturated carbocycles. The predicted molar refractivity (Wildman–Crippen MR) is 193 cm³/mol. The van der Waals surface area contributed by atoms with Crippen LogP contribution in [-0.4, -0.2) is 58.1 Å². The number of nitrogens with one attached hydrogen (secondary N) is 4. The van der Waals surface area contributed by atoms with E-state index in [1.54, 1.807) is 13.2 Å². The summed E-state index contributed by atoms with van der Waals surface area (Å²) in [6.07, 6.45) is 2.60. The van der Waals surface area contributed by atoms with E-state index in [1.807, 2.05) is 37.3 Å². The van der Waals surface area contributed by atoms with Gasteiger partial charge in [0.25, 0.3) is 12.0 Å². The molecule has 5 heterocycles. The van der Waals surface area contributed by atoms with Gasteiger partial charge in [0.15, 0.2) is 0 Å². The normalized spacial score (nSPS) is 17.7. The zero-order valence-corrected chi connectivity index (χ0v) is 29.1. The lowest BCUT2D eigenvalue weighted by Gasteiger charge is -2.18. The Bertz CT molecular complexity index is 2220. The third kappa shape index (κ3) is 6.59. The number of anilines is 2. The van der Waals surface area contributed by atoms with Gasteiger partial charge in [-0.2, -0.15) is 5.10 Å². The van der Waals surface area contributed by atoms with Crippen molar-refractivity contribution in [1.82, 2.24) is 35.7 Å². The van der Waals surface area contributed by atoms with Gasteiger partial charge in [-0.1, -0.05) is 41.9 Å². The number of urea groups is 1. The molecule has 0 bridgehead atoms. The molecule has 2 aromatic carbocycles. The van der Waals surface area contributed by atoms with Crippen LogP contribution in [0.2, 0.25) is 5.02 Å². The number of nitrogens with zero attached hydrogens (tertiary/aromatic N) is 4. The Kier molecular flexibility index (Phi) is 9.34. The highest BCUT2D eigenvalue weighted by molar-refractivity contribution is 6.36. The van der Waals surface area contributed by atoms with E-state index >= 15 is 0 Å². The minimum Gasteiger partial charge on any atom is -0.481 e. The molecule has 2 fully saturated rings. The average Bonchev–Trinajstić information content (AvgIpc) is 3.89. The summed E-state index contributed by atoms with van der Waals surface area (Å²) in [4.78, 5) is 32.6. The Morgan fingerprint density at radius 3 is 2.55 bits per heavy atom. The summed E-state index contributed by atoms with van der Waals surface area (Å²) >= 11 is 7.03. The smallest absolute Gasteiger partial charge is 0.315 e. The van der Waals surface area contributed by atoms with Gasteiger partial charge in [-0.15, -0.1) is 0 Å². The highest BCUT2D eigenvalue weighted by Crippen LogP contribution is 2.41. The van der Waals surface area contributed by atoms with Crippen molar-refractivity contribution in [3.8, 4) is 28.3 Å². The van der Waals surface area contributed by atoms with Crippen LogP contribution in [0.5, 0.6) is 5.88 Å². The largest absolute Gasteiger partial charge is 0.481 e. The maximum absolute atomic E-state index is 13.7. The molecule has 3 aliphatic rings. The molecule has 14 heteroatoms. The Balaban J connectivity index is 0.000000347. The number of ether oxygens (including phenoxy) is 1. The number of halogens is 3. The van der Waals surface area contributed by atoms with Crippen LogP contribution in [0.15, 0.2) is 59.5 Å². The molecule has 51 heavy (non-hydrogen) atoms. The van der Waals surface area contributed by atoms with Crippen LogP contribution in [0.3, 0.4) is 0 Å². The standard InChI is InChI=1S/C31H26ClF2N5O2.C6H11N3O/c1-16-19(21-10-5-11-22(27(21)32)24-13-17-7-4-9-20(17)30(38-24)41-3)8-6-12-23(16)36-29-26-18(14-25(37-29)28(33)34)15-35-39(2)31(26)40;10-5-8-4-6(9-5)1-2-7-3-6/h5-6,8,10-15,28H,4,7,9H2,1-3H3,(H,36,37);7H,1-4H2,(H2,8,9,10). The lowest BCUT2D eigenvalue weighted by molar-refractivity contribution is 0.146. The number of benzene rings is 2. The van der Waals surface area contributed by atoms with Crippen LogP contribution < -0.4 is 31.6 Å². The van der Waals surface area contributed by atoms with E-state index in [1.165, 1.54) is 24.9 Å². The van der Waals surface area contributed by atoms with Crippen molar-refractivity contribution in [3.63, 3.8) is 0 Å². The van der Waals surface area contributed by atoms with Crippen molar-refractivity contribution < 1.29 is 18.3 Å². The van der Waals surface area contributed by atoms with Gasteiger partial charge in [-0.3, -0.25) is 4.79 Å². The SMILES string of the molecule is COc1nc(-c2cccc(-c3cccc(Nc4nc(C(F)F)cc5cnn(C)c(=O)c45)c3C)c2Cl)cc2c1CCC2.O=C1NCC2(CCNC2)N1. The van der Waals surface area contributed by atoms with E-state index in [0.717, 1.165) is 83.5 Å². The quantitative estimate of drug-likeness (QED) is 0.163. The number of fused-ring (bicyclic) bond motifs is 2. The van der Waals surface area contributed by atoms with Crippen molar-refractivity contribution in [1.29, 1.82) is 0 Å². The molecule has 2 amide bonds. The molecule has 2 aliphatic heterocycles. The van der Waals surface area contributed by atoms with Gasteiger partial charge in [-0.05, 0) is 74.0 Å². The molecule has 264 valence electrons. The first-order valence-corrected chi connectivity index (χ1v) is 17.1. The van der Waals surface area contributed by atoms with E-state index in [2.05, 4.69) is 37.4 Å². The van der Waals surface area contributed by atoms with Gasteiger partial charge in [0.1, 0.15) is 11.5 Å². The molecule has 1 spiro atoms. The fourth-order valence-corrected chi connectivity index (χ4v) is 7.36. The number of aromatic nitrogens is 4. The maximum Gasteiger partial charge on any atom is 0.315 e. The van der Waals surface area contributed by atoms with Gasteiger partial charge >= 0.3 is 6.03 Å². The third-order valence-corrected chi connectivity index (χ3v) is 10.2. The number of hydrogen-bond acceptors (Lipinski definition) is 8. The zero-order chi connectivity index (χ0) is 35.9. The van der Waals surface area contributed by atoms with Crippen molar-refractivity contribution in [2.45, 2.75) is 44.6 Å². The van der Waals surface area contributed by atoms with Crippen molar-refractivity contribution in [3.05, 3.63) is 92.5 Å². The molecule has 11 nitrogen and oxygen atoms in total. The van der Waals surface area contributed by atoms with Gasteiger partial charge in [0.05, 0.1) is 34.9 Å². The zero-order valence-electron chi connectivity index (χ0n) is 28.4. The first-order valence-electron chi connectivity index (χ1n) is 16.7. The summed E-state index contributed by atoms with van der Waals surface area (Å²) in [5.41, 5.74) is 6.06. The number of carbonyl (C=O) groups is 1. The summed E-state index contributed by atoms with van der Waals surface area (Å²) in [6.45, 7) is 4.60. The molecule has 5 aromatic rings. The lowest BCUT2D eigenvalue weighted by atomic mass is 9.96. The van der Waals surface area contributed by atoms with E-state index < -0.39 is 17.7 Å². The minimum atomic E-state index is -2.82. The Morgan fingerprint density at radius 2 is 1.82 bits per heavy atom. The molecule has 4 N–H and O–H groups in total. The topological polar surface area (TPSA) is 135 Å². The van der Waals surface area contributed by atoms with Gasteiger partial charge in [0, 0.05) is 47.9 Å². The third-order valence-electron chi connectivity index (χ3n) is 9.78. The second-order valence-electron chi connectivity index (χ2n) is 13.0. The summed E-state index contributed by atoms with van der Waals surface area (Å²) in [6, 6.07) is 14.6. The fourth-order valence-electron chi connectivity index (χ4n) is 7.04. The molecule has 2 saturated heterocycles. The number of methoxy groups -OCH3 is 1. The van der Waals surface area contributed by atoms with E-state index in [0.29, 0.717) is 16.6 Å². The number of amides is 2. The molecule has 1 aliphatic carbocycles. The first-order chi connectivity index (χ1) is 24.6. The number of hydrogen-bond donors (Lipinski definition) is 4. The second-order valence-corrected chi connectivity index (χ2v) is 13.4. The van der Waals surface area contributed by atoms with Crippen molar-refractivity contribution in [2.24, 2.45) is 7.05 Å². The number of rotatable bonds is 6. The molecule has 0 radical (unpaired) electrons. The van der Waals surface area contributed by atoms with E-state index in [4.69, 9.17) is 21.3 Å². The summed E-state index contributed by atoms with van der Waals surface area (Å²) in [5, 5.41) is 17.0. The van der Waals surface area contributed by atoms with Crippen molar-refractivity contribution >= 4 is 39.9 Å². The Hall–Kier alpha value is -5.14. The summed E-state index contributed by atoms with van der Waals surface area (Å²) in [7, 11) is 3.13. The monoisotopic (exact) mass is 714 g/mol. The predicted octanol–water partition coefficient (Wildman–Crippen LogP) is 6.23. The number of pyridine rings is 2. The van der Waals surface area contributed by atoms with Crippen molar-refractivity contribution in [2.75, 3.05) is 32.1 Å². The number of alkyl halides is 2. The van der Waals surface area contributed by atoms with Gasteiger partial charge < -0.3 is 26.0 Å². The lowest BCUT2D eigenvalue weighted by Crippen LogP contribution is -2.45. The molecule has 3 aromatic heterocycles. The van der Waals surface area contributed by atoms with Gasteiger partial charge in [-0.25, -0.2) is 28.2 Å². The van der Waals surface area contributed by atoms with Crippen LogP contribution in [0.25, 0.3) is 33.2 Å². The molecule has 8 rings (SSSR count). The number of carbonyl (C=O) groups excluding carboxylic acids is 1. The second kappa shape index (κ2) is 13.9. The molecule has 1 atom stereocenters. The first kappa shape index (κ1) is 34.3. The number of aryl methyl sites for hydroxylation is 2. The van der Waals surface area contributed by atoms with E-state index in [9.17, 15) is 18.4 Å². The Morgan fingerprint density at radius 1 is 1.04 bits per heavy atom. The van der Waals surface area contributed by atoms with Crippen LogP contribution in [0, 0.1) is 6.92 Å². The van der Waals surface area contributed by atoms with Crippen LogP contribution in [0.1, 0.15) is 41.7 Å². The van der Waals surface area contributed by atoms with Crippen LogP contribution in [-0.2, 0) is 19.9 Å². The summed E-state index contributed by atoms with van der Waals surface area (Å²) < 4.78 is 34.1. The van der Waals surface area contributed by atoms with Gasteiger partial charge in [0.2, 0.25) is 5.88 Å².